The minimum absolute atomic E-state index is 0.215. The van der Waals surface area contributed by atoms with Gasteiger partial charge in [-0.15, -0.1) is 0 Å². The summed E-state index contributed by atoms with van der Waals surface area (Å²) in [4.78, 5) is 17.5. The van der Waals surface area contributed by atoms with Gasteiger partial charge in [-0.3, -0.25) is 9.54 Å². The van der Waals surface area contributed by atoms with Gasteiger partial charge in [-0.2, -0.15) is 0 Å². The van der Waals surface area contributed by atoms with E-state index >= 15 is 0 Å². The molecular weight excluding hydrogens is 461 g/mol. The predicted octanol–water partition coefficient (Wildman–Crippen LogP) is 6.45. The Morgan fingerprint density at radius 1 is 0.667 bits per heavy atom. The Bertz CT molecular complexity index is 1430. The number of aromatic nitrogens is 1. The molecule has 0 fully saturated rings. The van der Waals surface area contributed by atoms with Crippen molar-refractivity contribution in [1.29, 1.82) is 0 Å². The van der Waals surface area contributed by atoms with Gasteiger partial charge in [-0.05, 0) is 37.3 Å². The van der Waals surface area contributed by atoms with Gasteiger partial charge in [0, 0.05) is 27.2 Å². The van der Waals surface area contributed by atoms with E-state index in [0.29, 0.717) is 11.4 Å². The van der Waals surface area contributed by atoms with Crippen LogP contribution in [-0.2, 0) is 0 Å². The fourth-order valence-corrected chi connectivity index (χ4v) is 7.76. The van der Waals surface area contributed by atoms with Crippen LogP contribution in [-0.4, -0.2) is 10.9 Å². The van der Waals surface area contributed by atoms with Crippen LogP contribution in [0, 0.1) is 6.92 Å². The molecule has 176 valence electrons. The molecule has 4 aromatic carbocycles. The molecule has 1 heterocycles. The Kier molecular flexibility index (Phi) is 6.88. The summed E-state index contributed by atoms with van der Waals surface area (Å²) in [5, 5.41) is 6.36. The molecule has 5 aromatic rings. The third-order valence-electron chi connectivity index (χ3n) is 5.89. The molecular formula is C31H26N3OP. The van der Waals surface area contributed by atoms with Crippen LogP contribution in [0.15, 0.2) is 138 Å². The number of nitrogens with one attached hydrogen (secondary N) is 1. The smallest absolute Gasteiger partial charge is 0.256 e. The van der Waals surface area contributed by atoms with E-state index < -0.39 is 7.05 Å². The maximum Gasteiger partial charge on any atom is 0.256 e. The van der Waals surface area contributed by atoms with Gasteiger partial charge in [-0.1, -0.05) is 103 Å². The Balaban J connectivity index is 1.68. The third-order valence-corrected chi connectivity index (χ3v) is 9.56. The van der Waals surface area contributed by atoms with Crippen molar-refractivity contribution in [1.82, 2.24) is 4.98 Å². The highest BCUT2D eigenvalue weighted by Crippen LogP contribution is 2.49. The number of carbonyl (C=O) groups is 1. The summed E-state index contributed by atoms with van der Waals surface area (Å²) in [7, 11) is -2.42. The normalized spacial score (nSPS) is 11.0. The zero-order valence-electron chi connectivity index (χ0n) is 20.0. The van der Waals surface area contributed by atoms with Gasteiger partial charge in [0.15, 0.2) is 0 Å². The number of rotatable bonds is 6. The summed E-state index contributed by atoms with van der Waals surface area (Å²) in [5.74, 6) is 0.315. The van der Waals surface area contributed by atoms with E-state index in [4.69, 9.17) is 4.74 Å². The van der Waals surface area contributed by atoms with E-state index in [1.54, 1.807) is 12.1 Å². The molecule has 0 spiro atoms. The molecule has 1 aromatic heterocycles. The molecule has 0 atom stereocenters. The van der Waals surface area contributed by atoms with Gasteiger partial charge in [0.05, 0.1) is 12.7 Å². The van der Waals surface area contributed by atoms with Crippen molar-refractivity contribution >= 4 is 40.4 Å². The number of aryl methyl sites for hydroxylation is 1. The quantitative estimate of drug-likeness (QED) is 0.280. The van der Waals surface area contributed by atoms with E-state index in [1.165, 1.54) is 0 Å². The molecule has 0 aliphatic rings. The minimum Gasteiger partial charge on any atom is -0.307 e. The lowest BCUT2D eigenvalue weighted by atomic mass is 10.2. The molecule has 5 heteroatoms. The fraction of sp³-hybridized carbons (Fsp3) is 0.0323. The summed E-state index contributed by atoms with van der Waals surface area (Å²) in [5.41, 5.74) is 2.14. The molecule has 0 saturated heterocycles. The van der Waals surface area contributed by atoms with E-state index in [2.05, 4.69) is 83.1 Å². The zero-order chi connectivity index (χ0) is 24.8. The number of carbonyl (C=O) groups excluding carboxylic acids is 1. The van der Waals surface area contributed by atoms with Gasteiger partial charge in [-0.25, -0.2) is 4.98 Å². The van der Waals surface area contributed by atoms with E-state index in [0.717, 1.165) is 27.3 Å². The summed E-state index contributed by atoms with van der Waals surface area (Å²) in [6, 6.07) is 44.4. The Hall–Kier alpha value is -4.27. The highest BCUT2D eigenvalue weighted by atomic mass is 31.2. The van der Waals surface area contributed by atoms with Crippen molar-refractivity contribution in [3.8, 4) is 0 Å². The predicted molar refractivity (Wildman–Crippen MR) is 151 cm³/mol. The molecule has 5 rings (SSSR count). The van der Waals surface area contributed by atoms with Gasteiger partial charge >= 0.3 is 0 Å². The van der Waals surface area contributed by atoms with Gasteiger partial charge in [0.1, 0.15) is 5.82 Å². The van der Waals surface area contributed by atoms with Gasteiger partial charge in [0.2, 0.25) is 0 Å². The Labute approximate surface area is 211 Å². The van der Waals surface area contributed by atoms with Crippen molar-refractivity contribution in [3.05, 3.63) is 145 Å². The largest absolute Gasteiger partial charge is 0.307 e. The van der Waals surface area contributed by atoms with Crippen LogP contribution in [0.3, 0.4) is 0 Å². The third kappa shape index (κ3) is 4.91. The molecule has 1 N–H and O–H groups in total. The summed E-state index contributed by atoms with van der Waals surface area (Å²) >= 11 is 0. The van der Waals surface area contributed by atoms with Crippen LogP contribution in [0.25, 0.3) is 0 Å². The minimum atomic E-state index is -2.42. The van der Waals surface area contributed by atoms with E-state index in [1.807, 2.05) is 55.5 Å². The van der Waals surface area contributed by atoms with Crippen molar-refractivity contribution in [2.45, 2.75) is 6.92 Å². The molecule has 0 aliphatic heterocycles. The van der Waals surface area contributed by atoms with Gasteiger partial charge < -0.3 is 5.32 Å². The second-order valence-electron chi connectivity index (χ2n) is 8.41. The van der Waals surface area contributed by atoms with Crippen LogP contribution in [0.1, 0.15) is 16.1 Å². The maximum atomic E-state index is 13.1. The number of hydrogen-bond donors (Lipinski definition) is 1. The zero-order valence-corrected chi connectivity index (χ0v) is 20.8. The second-order valence-corrected chi connectivity index (χ2v) is 11.4. The highest BCUT2D eigenvalue weighted by molar-refractivity contribution is 7.87. The Morgan fingerprint density at radius 3 is 1.72 bits per heavy atom. The highest BCUT2D eigenvalue weighted by Gasteiger charge is 2.27. The Morgan fingerprint density at radius 2 is 1.19 bits per heavy atom. The molecule has 0 saturated carbocycles. The summed E-state index contributed by atoms with van der Waals surface area (Å²) in [6.45, 7) is 1.90. The van der Waals surface area contributed by atoms with E-state index in [9.17, 15) is 4.79 Å². The molecule has 0 bridgehead atoms. The van der Waals surface area contributed by atoms with Crippen LogP contribution in [0.4, 0.5) is 11.5 Å². The summed E-state index contributed by atoms with van der Waals surface area (Å²) in [6.07, 6.45) is 0. The average Bonchev–Trinajstić information content (AvgIpc) is 2.93. The maximum absolute atomic E-state index is 13.1. The number of benzene rings is 4. The molecule has 4 nitrogen and oxygen atoms in total. The standard InChI is InChI=1S/C31H26N3OP/c1-24-13-11-22-30(32-24)33-31(35)25-14-12-15-26(23-25)34-36(27-16-5-2-6-17-27,28-18-7-3-8-19-28)29-20-9-4-10-21-29/h2-23H,1H3,(H,32,33,35). The lowest BCUT2D eigenvalue weighted by Gasteiger charge is -2.27. The van der Waals surface area contributed by atoms with Crippen LogP contribution >= 0.6 is 7.05 Å². The number of nitrogens with zero attached hydrogens (tertiary/aromatic N) is 2. The number of pyridine rings is 1. The van der Waals surface area contributed by atoms with Crippen molar-refractivity contribution in [2.75, 3.05) is 5.32 Å². The molecule has 0 unspecified atom stereocenters. The number of amides is 1. The SMILES string of the molecule is Cc1cccc(NC(=O)c2cccc(N=P(c3ccccc3)(c3ccccc3)c3ccccc3)c2)n1. The fourth-order valence-electron chi connectivity index (χ4n) is 4.24. The lowest BCUT2D eigenvalue weighted by molar-refractivity contribution is 0.102. The van der Waals surface area contributed by atoms with Gasteiger partial charge in [0.25, 0.3) is 5.91 Å². The number of hydrogen-bond acceptors (Lipinski definition) is 3. The first-order valence-electron chi connectivity index (χ1n) is 11.8. The van der Waals surface area contributed by atoms with Crippen molar-refractivity contribution in [2.24, 2.45) is 4.74 Å². The topological polar surface area (TPSA) is 54.4 Å². The molecule has 36 heavy (non-hydrogen) atoms. The van der Waals surface area contributed by atoms with Crippen LogP contribution in [0.2, 0.25) is 0 Å². The number of anilines is 1. The molecule has 0 radical (unpaired) electrons. The monoisotopic (exact) mass is 487 g/mol. The molecule has 0 aliphatic carbocycles. The average molecular weight is 488 g/mol. The first-order chi connectivity index (χ1) is 17.6. The van der Waals surface area contributed by atoms with Crippen molar-refractivity contribution in [3.63, 3.8) is 0 Å². The lowest BCUT2D eigenvalue weighted by Crippen LogP contribution is -2.25. The first kappa shape index (κ1) is 23.5. The molecule has 1 amide bonds. The van der Waals surface area contributed by atoms with Crippen LogP contribution in [0.5, 0.6) is 0 Å². The van der Waals surface area contributed by atoms with Crippen LogP contribution < -0.4 is 21.2 Å². The summed E-state index contributed by atoms with van der Waals surface area (Å²) < 4.78 is 5.48. The van der Waals surface area contributed by atoms with Crippen molar-refractivity contribution < 1.29 is 4.79 Å². The second kappa shape index (κ2) is 10.6. The first-order valence-corrected chi connectivity index (χ1v) is 13.5. The van der Waals surface area contributed by atoms with E-state index in [-0.39, 0.29) is 5.91 Å².